The van der Waals surface area contributed by atoms with Crippen LogP contribution in [0.2, 0.25) is 0 Å². The lowest BCUT2D eigenvalue weighted by Gasteiger charge is -2.24. The van der Waals surface area contributed by atoms with E-state index in [9.17, 15) is 14.0 Å². The van der Waals surface area contributed by atoms with E-state index in [-0.39, 0.29) is 11.8 Å². The Labute approximate surface area is 151 Å². The molecule has 1 N–H and O–H groups in total. The number of carbonyl (C=O) groups is 2. The highest BCUT2D eigenvalue weighted by molar-refractivity contribution is 6.01. The first kappa shape index (κ1) is 17.9. The summed E-state index contributed by atoms with van der Waals surface area (Å²) in [6.45, 7) is 2.99. The molecule has 1 heterocycles. The molecule has 2 aromatic rings. The largest absolute Gasteiger partial charge is 0.494 e. The first-order valence-electron chi connectivity index (χ1n) is 8.68. The maximum Gasteiger partial charge on any atom is 0.254 e. The van der Waals surface area contributed by atoms with Crippen LogP contribution in [0.3, 0.4) is 0 Å². The second-order valence-corrected chi connectivity index (χ2v) is 6.11. The molecule has 5 nitrogen and oxygen atoms in total. The minimum atomic E-state index is -0.529. The first-order chi connectivity index (χ1) is 12.6. The summed E-state index contributed by atoms with van der Waals surface area (Å²) in [5.74, 6) is -0.135. The quantitative estimate of drug-likeness (QED) is 0.892. The van der Waals surface area contributed by atoms with E-state index in [0.717, 1.165) is 12.2 Å². The van der Waals surface area contributed by atoms with Gasteiger partial charge in [0, 0.05) is 17.8 Å². The second kappa shape index (κ2) is 7.99. The molecule has 136 valence electrons. The number of amides is 2. The summed E-state index contributed by atoms with van der Waals surface area (Å²) in [5, 5.41) is 2.85. The maximum atomic E-state index is 13.1. The number of hydrogen-bond acceptors (Lipinski definition) is 3. The van der Waals surface area contributed by atoms with Crippen LogP contribution in [0.15, 0.2) is 48.5 Å². The molecule has 1 unspecified atom stereocenters. The van der Waals surface area contributed by atoms with E-state index in [2.05, 4.69) is 5.32 Å². The van der Waals surface area contributed by atoms with Crippen molar-refractivity contribution in [3.63, 3.8) is 0 Å². The zero-order valence-corrected chi connectivity index (χ0v) is 14.6. The highest BCUT2D eigenvalue weighted by Gasteiger charge is 2.34. The third-order valence-electron chi connectivity index (χ3n) is 4.34. The Kier molecular flexibility index (Phi) is 5.51. The molecular weight excluding hydrogens is 335 g/mol. The normalized spacial score (nSPS) is 16.4. The molecule has 1 fully saturated rings. The number of benzene rings is 2. The molecule has 2 aromatic carbocycles. The van der Waals surface area contributed by atoms with Crippen LogP contribution in [0.25, 0.3) is 0 Å². The fraction of sp³-hybridized carbons (Fsp3) is 0.300. The summed E-state index contributed by atoms with van der Waals surface area (Å²) in [4.78, 5) is 26.8. The van der Waals surface area contributed by atoms with Gasteiger partial charge in [-0.3, -0.25) is 9.59 Å². The predicted molar refractivity (Wildman–Crippen MR) is 96.7 cm³/mol. The van der Waals surface area contributed by atoms with E-state index in [1.807, 2.05) is 6.92 Å². The smallest absolute Gasteiger partial charge is 0.254 e. The zero-order valence-electron chi connectivity index (χ0n) is 14.6. The van der Waals surface area contributed by atoms with Crippen molar-refractivity contribution in [1.82, 2.24) is 4.90 Å². The number of likely N-dealkylation sites (tertiary alicyclic amines) is 1. The van der Waals surface area contributed by atoms with Crippen molar-refractivity contribution in [3.05, 3.63) is 59.9 Å². The number of ether oxygens (including phenoxy) is 1. The SMILES string of the molecule is CCOc1ccc(NC(=O)C2CCCN2C(=O)c2ccc(F)cc2)cc1. The summed E-state index contributed by atoms with van der Waals surface area (Å²) < 4.78 is 18.4. The van der Waals surface area contributed by atoms with Gasteiger partial charge < -0.3 is 15.0 Å². The van der Waals surface area contributed by atoms with E-state index in [1.165, 1.54) is 24.3 Å². The lowest BCUT2D eigenvalue weighted by atomic mass is 10.1. The molecule has 1 aliphatic rings. The molecule has 6 heteroatoms. The van der Waals surface area contributed by atoms with Gasteiger partial charge in [0.1, 0.15) is 17.6 Å². The molecule has 1 atom stereocenters. The summed E-state index contributed by atoms with van der Waals surface area (Å²) in [7, 11) is 0. The van der Waals surface area contributed by atoms with Gasteiger partial charge in [-0.1, -0.05) is 0 Å². The van der Waals surface area contributed by atoms with Gasteiger partial charge in [-0.05, 0) is 68.3 Å². The van der Waals surface area contributed by atoms with Gasteiger partial charge in [-0.15, -0.1) is 0 Å². The fourth-order valence-electron chi connectivity index (χ4n) is 3.07. The molecule has 2 amide bonds. The van der Waals surface area contributed by atoms with Gasteiger partial charge in [0.2, 0.25) is 5.91 Å². The molecular formula is C20H21FN2O3. The van der Waals surface area contributed by atoms with Gasteiger partial charge in [0.15, 0.2) is 0 Å². The van der Waals surface area contributed by atoms with Gasteiger partial charge >= 0.3 is 0 Å². The van der Waals surface area contributed by atoms with Crippen LogP contribution >= 0.6 is 0 Å². The van der Waals surface area contributed by atoms with E-state index in [0.29, 0.717) is 30.8 Å². The van der Waals surface area contributed by atoms with Crippen molar-refractivity contribution in [2.75, 3.05) is 18.5 Å². The maximum absolute atomic E-state index is 13.1. The van der Waals surface area contributed by atoms with Crippen LogP contribution in [-0.4, -0.2) is 35.9 Å². The predicted octanol–water partition coefficient (Wildman–Crippen LogP) is 3.47. The highest BCUT2D eigenvalue weighted by atomic mass is 19.1. The fourth-order valence-corrected chi connectivity index (χ4v) is 3.07. The van der Waals surface area contributed by atoms with Gasteiger partial charge in [-0.2, -0.15) is 0 Å². The van der Waals surface area contributed by atoms with Crippen molar-refractivity contribution in [2.45, 2.75) is 25.8 Å². The van der Waals surface area contributed by atoms with E-state index in [4.69, 9.17) is 4.74 Å². The Bertz CT molecular complexity index is 775. The zero-order chi connectivity index (χ0) is 18.5. The lowest BCUT2D eigenvalue weighted by molar-refractivity contribution is -0.119. The number of nitrogens with zero attached hydrogens (tertiary/aromatic N) is 1. The Morgan fingerprint density at radius 2 is 1.85 bits per heavy atom. The molecule has 0 aromatic heterocycles. The van der Waals surface area contributed by atoms with Crippen LogP contribution in [0.5, 0.6) is 5.75 Å². The average molecular weight is 356 g/mol. The standard InChI is InChI=1S/C20H21FN2O3/c1-2-26-17-11-9-16(10-12-17)22-19(24)18-4-3-13-23(18)20(25)14-5-7-15(21)8-6-14/h5-12,18H,2-4,13H2,1H3,(H,22,24). The number of rotatable bonds is 5. The number of halogens is 1. The van der Waals surface area contributed by atoms with Crippen LogP contribution in [0.4, 0.5) is 10.1 Å². The molecule has 0 bridgehead atoms. The molecule has 26 heavy (non-hydrogen) atoms. The molecule has 3 rings (SSSR count). The molecule has 0 aliphatic carbocycles. The van der Waals surface area contributed by atoms with E-state index in [1.54, 1.807) is 29.2 Å². The summed E-state index contributed by atoms with van der Waals surface area (Å²) in [6, 6.07) is 12.0. The summed E-state index contributed by atoms with van der Waals surface area (Å²) >= 11 is 0. The van der Waals surface area contributed by atoms with Crippen LogP contribution in [0, 0.1) is 5.82 Å². The topological polar surface area (TPSA) is 58.6 Å². The van der Waals surface area contributed by atoms with Gasteiger partial charge in [-0.25, -0.2) is 4.39 Å². The second-order valence-electron chi connectivity index (χ2n) is 6.11. The Morgan fingerprint density at radius 1 is 1.15 bits per heavy atom. The van der Waals surface area contributed by atoms with Crippen molar-refractivity contribution in [3.8, 4) is 5.75 Å². The van der Waals surface area contributed by atoms with Crippen molar-refractivity contribution in [2.24, 2.45) is 0 Å². The summed E-state index contributed by atoms with van der Waals surface area (Å²) in [5.41, 5.74) is 1.03. The number of anilines is 1. The van der Waals surface area contributed by atoms with Crippen molar-refractivity contribution >= 4 is 17.5 Å². The third-order valence-corrected chi connectivity index (χ3v) is 4.34. The first-order valence-corrected chi connectivity index (χ1v) is 8.68. The van der Waals surface area contributed by atoms with E-state index >= 15 is 0 Å². The lowest BCUT2D eigenvalue weighted by Crippen LogP contribution is -2.43. The minimum Gasteiger partial charge on any atom is -0.494 e. The molecule has 1 aliphatic heterocycles. The van der Waals surface area contributed by atoms with Crippen LogP contribution < -0.4 is 10.1 Å². The molecule has 0 spiro atoms. The monoisotopic (exact) mass is 356 g/mol. The van der Waals surface area contributed by atoms with Crippen LogP contribution in [-0.2, 0) is 4.79 Å². The van der Waals surface area contributed by atoms with Crippen LogP contribution in [0.1, 0.15) is 30.1 Å². The third kappa shape index (κ3) is 4.02. The summed E-state index contributed by atoms with van der Waals surface area (Å²) in [6.07, 6.45) is 1.37. The molecule has 1 saturated heterocycles. The van der Waals surface area contributed by atoms with Crippen molar-refractivity contribution in [1.29, 1.82) is 0 Å². The molecule has 0 radical (unpaired) electrons. The Hall–Kier alpha value is -2.89. The van der Waals surface area contributed by atoms with Gasteiger partial charge in [0.05, 0.1) is 6.61 Å². The van der Waals surface area contributed by atoms with E-state index < -0.39 is 11.9 Å². The van der Waals surface area contributed by atoms with Gasteiger partial charge in [0.25, 0.3) is 5.91 Å². The molecule has 0 saturated carbocycles. The number of hydrogen-bond donors (Lipinski definition) is 1. The Morgan fingerprint density at radius 3 is 2.50 bits per heavy atom. The number of nitrogens with one attached hydrogen (secondary N) is 1. The minimum absolute atomic E-state index is 0.220. The number of carbonyl (C=O) groups excluding carboxylic acids is 2. The average Bonchev–Trinajstić information content (AvgIpc) is 3.13. The van der Waals surface area contributed by atoms with Crippen molar-refractivity contribution < 1.29 is 18.7 Å². The highest BCUT2D eigenvalue weighted by Crippen LogP contribution is 2.23. The Balaban J connectivity index is 1.67.